The average molecular weight is 530 g/mol. The van der Waals surface area contributed by atoms with E-state index in [4.69, 9.17) is 9.47 Å². The van der Waals surface area contributed by atoms with Crippen molar-refractivity contribution in [2.45, 2.75) is 45.0 Å². The van der Waals surface area contributed by atoms with Gasteiger partial charge < -0.3 is 39.7 Å². The second-order valence-corrected chi connectivity index (χ2v) is 10.3. The third-order valence-corrected chi connectivity index (χ3v) is 7.81. The number of aryl methyl sites for hydroxylation is 1. The van der Waals surface area contributed by atoms with Crippen molar-refractivity contribution in [3.63, 3.8) is 0 Å². The van der Waals surface area contributed by atoms with Crippen LogP contribution in [0.3, 0.4) is 0 Å². The maximum atomic E-state index is 12.6. The molecule has 1 unspecified atom stereocenters. The average Bonchev–Trinajstić information content (AvgIpc) is 3.23. The number of carboxylic acids is 1. The highest BCUT2D eigenvalue weighted by Crippen LogP contribution is 2.47. The van der Waals surface area contributed by atoms with E-state index < -0.39 is 36.1 Å². The fourth-order valence-corrected chi connectivity index (χ4v) is 5.21. The first-order valence-corrected chi connectivity index (χ1v) is 12.5. The third-order valence-electron chi connectivity index (χ3n) is 7.81. The van der Waals surface area contributed by atoms with Crippen molar-refractivity contribution in [1.29, 1.82) is 0 Å². The first-order valence-electron chi connectivity index (χ1n) is 12.5. The Labute approximate surface area is 221 Å². The van der Waals surface area contributed by atoms with Gasteiger partial charge in [0.25, 0.3) is 5.91 Å². The van der Waals surface area contributed by atoms with Crippen LogP contribution in [0.5, 0.6) is 11.5 Å². The number of carbonyl (C=O) groups excluding carboxylic acids is 1. The summed E-state index contributed by atoms with van der Waals surface area (Å²) in [6, 6.07) is 8.79. The van der Waals surface area contributed by atoms with Crippen LogP contribution in [0.4, 0.5) is 5.82 Å². The molecule has 4 N–H and O–H groups in total. The molecule has 38 heavy (non-hydrogen) atoms. The quantitative estimate of drug-likeness (QED) is 0.370. The molecule has 1 amide bonds. The summed E-state index contributed by atoms with van der Waals surface area (Å²) >= 11 is 0. The van der Waals surface area contributed by atoms with Crippen LogP contribution < -0.4 is 14.4 Å². The van der Waals surface area contributed by atoms with Crippen LogP contribution in [0, 0.1) is 12.3 Å². The lowest BCUT2D eigenvalue weighted by Gasteiger charge is -2.40. The van der Waals surface area contributed by atoms with E-state index in [2.05, 4.69) is 4.98 Å². The molecule has 0 bridgehead atoms. The van der Waals surface area contributed by atoms with Gasteiger partial charge in [-0.3, -0.25) is 4.79 Å². The number of nitrogens with zero attached hydrogens (tertiary/aromatic N) is 3. The highest BCUT2D eigenvalue weighted by atomic mass is 16.5. The summed E-state index contributed by atoms with van der Waals surface area (Å²) in [6.45, 7) is 6.22. The predicted molar refractivity (Wildman–Crippen MR) is 138 cm³/mol. The number of likely N-dealkylation sites (tertiary alicyclic amines) is 1. The molecular formula is C27H35N3O8. The van der Waals surface area contributed by atoms with Gasteiger partial charge in [-0.25, -0.2) is 9.78 Å². The lowest BCUT2D eigenvalue weighted by molar-refractivity contribution is -0.141. The van der Waals surface area contributed by atoms with Gasteiger partial charge in [-0.05, 0) is 43.7 Å². The van der Waals surface area contributed by atoms with E-state index in [1.54, 1.807) is 39.2 Å². The van der Waals surface area contributed by atoms with Crippen molar-refractivity contribution in [2.24, 2.45) is 5.41 Å². The van der Waals surface area contributed by atoms with E-state index in [0.717, 1.165) is 5.56 Å². The zero-order valence-corrected chi connectivity index (χ0v) is 22.0. The number of methoxy groups -OCH3 is 1. The highest BCUT2D eigenvalue weighted by Gasteiger charge is 2.49. The molecule has 2 aromatic rings. The van der Waals surface area contributed by atoms with Crippen LogP contribution >= 0.6 is 0 Å². The van der Waals surface area contributed by atoms with Gasteiger partial charge in [-0.2, -0.15) is 0 Å². The van der Waals surface area contributed by atoms with Gasteiger partial charge in [0.05, 0.1) is 44.2 Å². The molecule has 4 atom stereocenters. The predicted octanol–water partition coefficient (Wildman–Crippen LogP) is 1.03. The van der Waals surface area contributed by atoms with Crippen molar-refractivity contribution in [1.82, 2.24) is 9.88 Å². The summed E-state index contributed by atoms with van der Waals surface area (Å²) in [5.41, 5.74) is 0.794. The second-order valence-electron chi connectivity index (χ2n) is 10.3. The number of pyridine rings is 1. The normalized spacial score (nSPS) is 23.1. The summed E-state index contributed by atoms with van der Waals surface area (Å²) < 4.78 is 11.8. The fraction of sp³-hybridized carbons (Fsp3) is 0.519. The van der Waals surface area contributed by atoms with Crippen molar-refractivity contribution in [3.05, 3.63) is 47.2 Å². The lowest BCUT2D eigenvalue weighted by atomic mass is 9.72. The number of aromatic nitrogens is 1. The van der Waals surface area contributed by atoms with E-state index in [0.29, 0.717) is 36.1 Å². The van der Waals surface area contributed by atoms with Crippen molar-refractivity contribution < 1.29 is 39.5 Å². The summed E-state index contributed by atoms with van der Waals surface area (Å²) in [5.74, 6) is -0.0588. The van der Waals surface area contributed by atoms with Gasteiger partial charge in [-0.1, -0.05) is 13.0 Å². The molecule has 1 aromatic heterocycles. The SMILES string of the molecule is COc1ccc([C@@H]2CN(C(=O)C(O)CO)C[C@@]2(C)[C@@H](C)O)cc1OC1CN(c2ccc(C(=O)O)c(C)n2)C1. The minimum atomic E-state index is -1.50. The number of carbonyl (C=O) groups is 2. The molecule has 0 aliphatic carbocycles. The van der Waals surface area contributed by atoms with Crippen molar-refractivity contribution >= 4 is 17.7 Å². The number of hydrogen-bond donors (Lipinski definition) is 4. The fourth-order valence-electron chi connectivity index (χ4n) is 5.21. The van der Waals surface area contributed by atoms with Crippen LogP contribution in [0.25, 0.3) is 0 Å². The number of amides is 1. The summed E-state index contributed by atoms with van der Waals surface area (Å²) in [4.78, 5) is 31.7. The highest BCUT2D eigenvalue weighted by molar-refractivity contribution is 5.89. The number of benzene rings is 1. The zero-order chi connectivity index (χ0) is 27.8. The van der Waals surface area contributed by atoms with Gasteiger partial charge in [0, 0.05) is 24.4 Å². The maximum absolute atomic E-state index is 12.6. The number of aliphatic hydroxyl groups is 3. The largest absolute Gasteiger partial charge is 0.493 e. The molecule has 206 valence electrons. The standard InChI is InChI=1S/C27H35N3O8/c1-15-19(26(35)36)6-8-24(28-15)29-10-18(11-29)38-23-9-17(5-7-22(23)37-4)20-12-30(25(34)21(33)13-31)14-27(20,3)16(2)32/h5-9,16,18,20-21,31-33H,10-14H2,1-4H3,(H,35,36)/t16-,20+,21?,27+/m1/s1. The Hall–Kier alpha value is -3.41. The number of aliphatic hydroxyl groups excluding tert-OH is 3. The van der Waals surface area contributed by atoms with Gasteiger partial charge in [0.1, 0.15) is 11.9 Å². The minimum absolute atomic E-state index is 0.148. The first kappa shape index (κ1) is 27.6. The van der Waals surface area contributed by atoms with Crippen LogP contribution in [0.2, 0.25) is 0 Å². The van der Waals surface area contributed by atoms with E-state index >= 15 is 0 Å². The Morgan fingerprint density at radius 1 is 1.16 bits per heavy atom. The number of anilines is 1. The lowest BCUT2D eigenvalue weighted by Crippen LogP contribution is -2.54. The maximum Gasteiger partial charge on any atom is 0.337 e. The van der Waals surface area contributed by atoms with E-state index in [-0.39, 0.29) is 30.7 Å². The van der Waals surface area contributed by atoms with Gasteiger partial charge in [-0.15, -0.1) is 0 Å². The topological polar surface area (TPSA) is 153 Å². The monoisotopic (exact) mass is 529 g/mol. The van der Waals surface area contributed by atoms with Gasteiger partial charge in [0.2, 0.25) is 0 Å². The molecule has 1 aromatic carbocycles. The zero-order valence-electron chi connectivity index (χ0n) is 22.0. The van der Waals surface area contributed by atoms with Crippen LogP contribution in [-0.4, -0.2) is 100 Å². The molecule has 11 nitrogen and oxygen atoms in total. The number of aromatic carboxylic acids is 1. The molecule has 2 aliphatic heterocycles. The van der Waals surface area contributed by atoms with Crippen LogP contribution in [-0.2, 0) is 4.79 Å². The minimum Gasteiger partial charge on any atom is -0.493 e. The molecule has 11 heteroatoms. The molecule has 3 heterocycles. The van der Waals surface area contributed by atoms with E-state index in [1.807, 2.05) is 24.0 Å². The van der Waals surface area contributed by atoms with Gasteiger partial charge in [0.15, 0.2) is 17.6 Å². The smallest absolute Gasteiger partial charge is 0.337 e. The van der Waals surface area contributed by atoms with Gasteiger partial charge >= 0.3 is 5.97 Å². The Morgan fingerprint density at radius 2 is 1.87 bits per heavy atom. The summed E-state index contributed by atoms with van der Waals surface area (Å²) in [5, 5.41) is 39.0. The van der Waals surface area contributed by atoms with Crippen LogP contribution in [0.15, 0.2) is 30.3 Å². The summed E-state index contributed by atoms with van der Waals surface area (Å²) in [6.07, 6.45) is -2.39. The molecule has 0 saturated carbocycles. The summed E-state index contributed by atoms with van der Waals surface area (Å²) in [7, 11) is 1.55. The van der Waals surface area contributed by atoms with E-state index in [9.17, 15) is 30.0 Å². The first-order chi connectivity index (χ1) is 18.0. The molecular weight excluding hydrogens is 494 g/mol. The van der Waals surface area contributed by atoms with Crippen molar-refractivity contribution in [2.75, 3.05) is 44.8 Å². The Balaban J connectivity index is 1.51. The Bertz CT molecular complexity index is 1200. The molecule has 2 aliphatic rings. The third kappa shape index (κ3) is 5.13. The number of ether oxygens (including phenoxy) is 2. The molecule has 4 rings (SSSR count). The Morgan fingerprint density at radius 3 is 2.45 bits per heavy atom. The Kier molecular flexibility index (Phi) is 7.82. The number of hydrogen-bond acceptors (Lipinski definition) is 9. The molecule has 0 radical (unpaired) electrons. The second kappa shape index (κ2) is 10.8. The molecule has 0 spiro atoms. The number of carboxylic acid groups (broad SMARTS) is 1. The van der Waals surface area contributed by atoms with Crippen molar-refractivity contribution in [3.8, 4) is 11.5 Å². The van der Waals surface area contributed by atoms with Crippen LogP contribution in [0.1, 0.15) is 41.4 Å². The van der Waals surface area contributed by atoms with E-state index in [1.165, 1.54) is 4.90 Å². The molecule has 2 fully saturated rings. The number of rotatable bonds is 9. The molecule has 2 saturated heterocycles.